The summed E-state index contributed by atoms with van der Waals surface area (Å²) >= 11 is 1.82. The van der Waals surface area contributed by atoms with Gasteiger partial charge in [0.25, 0.3) is 5.91 Å². The number of aryl methyl sites for hydroxylation is 1. The quantitative estimate of drug-likeness (QED) is 0.805. The zero-order valence-electron chi connectivity index (χ0n) is 14.6. The topological polar surface area (TPSA) is 36.9 Å². The molecule has 0 fully saturated rings. The molecule has 0 saturated carbocycles. The lowest BCUT2D eigenvalue weighted by Gasteiger charge is -2.36. The molecule has 1 amide bonds. The van der Waals surface area contributed by atoms with Crippen molar-refractivity contribution in [1.82, 2.24) is 4.90 Å². The van der Waals surface area contributed by atoms with Crippen LogP contribution in [0.4, 0.5) is 0 Å². The highest BCUT2D eigenvalue weighted by Gasteiger charge is 2.33. The van der Waals surface area contributed by atoms with Crippen LogP contribution >= 0.6 is 11.3 Å². The summed E-state index contributed by atoms with van der Waals surface area (Å²) in [5, 5.41) is 4.32. The number of nitrogens with zero attached hydrogens (tertiary/aromatic N) is 1. The molecule has 2 heterocycles. The van der Waals surface area contributed by atoms with Gasteiger partial charge in [-0.2, -0.15) is 0 Å². The number of carbonyl (C=O) groups is 1. The minimum Gasteiger partial charge on any atom is -0.338 e. The Morgan fingerprint density at radius 3 is 2.92 bits per heavy atom. The lowest BCUT2D eigenvalue weighted by atomic mass is 9.90. The fourth-order valence-corrected chi connectivity index (χ4v) is 4.41. The molecule has 1 aliphatic heterocycles. The van der Waals surface area contributed by atoms with Gasteiger partial charge < -0.3 is 10.2 Å². The van der Waals surface area contributed by atoms with Crippen molar-refractivity contribution in [2.45, 2.75) is 39.2 Å². The minimum absolute atomic E-state index is 0.0771. The molecule has 4 heteroatoms. The summed E-state index contributed by atoms with van der Waals surface area (Å²) in [6, 6.07) is 10.8. The number of thiophene rings is 1. The van der Waals surface area contributed by atoms with Crippen LogP contribution in [0.25, 0.3) is 0 Å². The van der Waals surface area contributed by atoms with Gasteiger partial charge in [0.2, 0.25) is 0 Å². The number of fused-ring (bicyclic) bond motifs is 1. The molecule has 1 aromatic heterocycles. The fraction of sp³-hybridized carbons (Fsp3) is 0.450. The molecule has 1 atom stereocenters. The highest BCUT2D eigenvalue weighted by atomic mass is 32.1. The van der Waals surface area contributed by atoms with Crippen LogP contribution in [0, 0.1) is 6.92 Å². The van der Waals surface area contributed by atoms with Gasteiger partial charge in [0.05, 0.1) is 12.6 Å². The van der Waals surface area contributed by atoms with Gasteiger partial charge in [-0.15, -0.1) is 11.3 Å². The lowest BCUT2D eigenvalue weighted by Crippen LogP contribution is -2.86. The molecule has 1 aromatic carbocycles. The smallest absolute Gasteiger partial charge is 0.278 e. The van der Waals surface area contributed by atoms with E-state index in [1.54, 1.807) is 0 Å². The van der Waals surface area contributed by atoms with Crippen molar-refractivity contribution in [3.8, 4) is 0 Å². The van der Waals surface area contributed by atoms with Crippen LogP contribution in [0.3, 0.4) is 0 Å². The average molecular weight is 344 g/mol. The third-order valence-corrected chi connectivity index (χ3v) is 5.85. The molecule has 0 saturated heterocycles. The van der Waals surface area contributed by atoms with Gasteiger partial charge in [0.15, 0.2) is 6.54 Å². The normalized spacial score (nSPS) is 16.9. The standard InChI is InChI=1S/C20H26N2OS/c1-3-4-11-21-14-19(23)22-12-9-18-17(10-13-24-18)20(22)16-8-6-5-7-15(16)2/h5-8,10,13,20-21H,3-4,9,11-12,14H2,1-2H3/p+1/t20-/m1/s1. The number of quaternary nitrogens is 1. The third kappa shape index (κ3) is 3.55. The SMILES string of the molecule is CCCC[NH2+]CC(=O)N1CCc2sccc2[C@H]1c1ccccc1C. The highest BCUT2D eigenvalue weighted by molar-refractivity contribution is 7.10. The van der Waals surface area contributed by atoms with Crippen LogP contribution in [0.15, 0.2) is 35.7 Å². The molecule has 0 aliphatic carbocycles. The first kappa shape index (κ1) is 17.2. The molecule has 0 spiro atoms. The predicted molar refractivity (Wildman–Crippen MR) is 99.3 cm³/mol. The van der Waals surface area contributed by atoms with Gasteiger partial charge in [-0.1, -0.05) is 37.6 Å². The number of hydrogen-bond donors (Lipinski definition) is 1. The van der Waals surface area contributed by atoms with E-state index >= 15 is 0 Å². The van der Waals surface area contributed by atoms with E-state index in [-0.39, 0.29) is 11.9 Å². The van der Waals surface area contributed by atoms with Gasteiger partial charge in [-0.3, -0.25) is 4.79 Å². The maximum Gasteiger partial charge on any atom is 0.278 e. The Bertz CT molecular complexity index is 694. The summed E-state index contributed by atoms with van der Waals surface area (Å²) in [6.07, 6.45) is 3.33. The minimum atomic E-state index is 0.0771. The summed E-state index contributed by atoms with van der Waals surface area (Å²) in [5.41, 5.74) is 3.84. The Hall–Kier alpha value is -1.65. The second-order valence-corrected chi connectivity index (χ2v) is 7.53. The van der Waals surface area contributed by atoms with E-state index in [1.165, 1.54) is 34.4 Å². The monoisotopic (exact) mass is 343 g/mol. The Morgan fingerprint density at radius 2 is 2.12 bits per heavy atom. The lowest BCUT2D eigenvalue weighted by molar-refractivity contribution is -0.644. The molecular formula is C20H27N2OS+. The van der Waals surface area contributed by atoms with Crippen LogP contribution in [0.2, 0.25) is 0 Å². The second kappa shape index (κ2) is 7.95. The van der Waals surface area contributed by atoms with Crippen LogP contribution in [-0.4, -0.2) is 30.4 Å². The highest BCUT2D eigenvalue weighted by Crippen LogP contribution is 2.38. The molecule has 3 nitrogen and oxygen atoms in total. The molecule has 0 radical (unpaired) electrons. The van der Waals surface area contributed by atoms with Crippen LogP contribution in [0.1, 0.15) is 47.4 Å². The van der Waals surface area contributed by atoms with Gasteiger partial charge >= 0.3 is 0 Å². The first-order valence-corrected chi connectivity index (χ1v) is 9.83. The Kier molecular flexibility index (Phi) is 5.69. The molecule has 3 rings (SSSR count). The van der Waals surface area contributed by atoms with E-state index in [9.17, 15) is 4.79 Å². The maximum absolute atomic E-state index is 12.9. The second-order valence-electron chi connectivity index (χ2n) is 6.53. The molecule has 24 heavy (non-hydrogen) atoms. The van der Waals surface area contributed by atoms with Crippen molar-refractivity contribution in [3.05, 3.63) is 57.3 Å². The van der Waals surface area contributed by atoms with Crippen molar-refractivity contribution in [2.75, 3.05) is 19.6 Å². The predicted octanol–water partition coefficient (Wildman–Crippen LogP) is 2.89. The van der Waals surface area contributed by atoms with E-state index in [4.69, 9.17) is 0 Å². The van der Waals surface area contributed by atoms with Crippen LogP contribution in [-0.2, 0) is 11.2 Å². The molecule has 0 unspecified atom stereocenters. The molecule has 2 N–H and O–H groups in total. The third-order valence-electron chi connectivity index (χ3n) is 4.85. The van der Waals surface area contributed by atoms with Crippen molar-refractivity contribution in [2.24, 2.45) is 0 Å². The van der Waals surface area contributed by atoms with Crippen LogP contribution in [0.5, 0.6) is 0 Å². The summed E-state index contributed by atoms with van der Waals surface area (Å²) in [4.78, 5) is 16.4. The molecule has 128 valence electrons. The van der Waals surface area contributed by atoms with Crippen molar-refractivity contribution >= 4 is 17.2 Å². The number of amides is 1. The summed E-state index contributed by atoms with van der Waals surface area (Å²) in [7, 11) is 0. The van der Waals surface area contributed by atoms with Crippen molar-refractivity contribution < 1.29 is 10.1 Å². The number of nitrogens with two attached hydrogens (primary N) is 1. The van der Waals surface area contributed by atoms with E-state index in [0.29, 0.717) is 6.54 Å². The number of benzene rings is 1. The van der Waals surface area contributed by atoms with E-state index in [2.05, 4.69) is 59.8 Å². The van der Waals surface area contributed by atoms with Crippen molar-refractivity contribution in [3.63, 3.8) is 0 Å². The van der Waals surface area contributed by atoms with Gasteiger partial charge in [-0.05, 0) is 47.9 Å². The fourth-order valence-electron chi connectivity index (χ4n) is 3.51. The molecule has 2 aromatic rings. The van der Waals surface area contributed by atoms with Gasteiger partial charge in [0.1, 0.15) is 0 Å². The number of rotatable bonds is 6. The molecule has 0 bridgehead atoms. The zero-order chi connectivity index (χ0) is 16.9. The first-order valence-electron chi connectivity index (χ1n) is 8.95. The Morgan fingerprint density at radius 1 is 1.29 bits per heavy atom. The largest absolute Gasteiger partial charge is 0.338 e. The number of hydrogen-bond acceptors (Lipinski definition) is 2. The Labute approximate surface area is 148 Å². The van der Waals surface area contributed by atoms with Gasteiger partial charge in [0, 0.05) is 11.4 Å². The summed E-state index contributed by atoms with van der Waals surface area (Å²) < 4.78 is 0. The maximum atomic E-state index is 12.9. The van der Waals surface area contributed by atoms with E-state index in [0.717, 1.165) is 19.5 Å². The first-order chi connectivity index (χ1) is 11.7. The number of carbonyl (C=O) groups excluding carboxylic acids is 1. The van der Waals surface area contributed by atoms with Crippen molar-refractivity contribution in [1.29, 1.82) is 0 Å². The van der Waals surface area contributed by atoms with E-state index in [1.807, 2.05) is 11.3 Å². The summed E-state index contributed by atoms with van der Waals surface area (Å²) in [6.45, 7) is 6.75. The van der Waals surface area contributed by atoms with Crippen LogP contribution < -0.4 is 5.32 Å². The van der Waals surface area contributed by atoms with E-state index < -0.39 is 0 Å². The average Bonchev–Trinajstić information content (AvgIpc) is 3.07. The zero-order valence-corrected chi connectivity index (χ0v) is 15.4. The molecular weight excluding hydrogens is 316 g/mol. The number of unbranched alkanes of at least 4 members (excludes halogenated alkanes) is 1. The molecule has 1 aliphatic rings. The van der Waals surface area contributed by atoms with Gasteiger partial charge in [-0.25, -0.2) is 0 Å². The summed E-state index contributed by atoms with van der Waals surface area (Å²) in [5.74, 6) is 0.260. The Balaban J connectivity index is 1.85.